The lowest BCUT2D eigenvalue weighted by molar-refractivity contribution is -0.141. The highest BCUT2D eigenvalue weighted by molar-refractivity contribution is 9.10. The second-order valence-corrected chi connectivity index (χ2v) is 6.44. The Balaban J connectivity index is 1.66. The molecule has 6 nitrogen and oxygen atoms in total. The molecule has 3 rings (SSSR count). The fourth-order valence-electron chi connectivity index (χ4n) is 2.55. The molecule has 1 saturated heterocycles. The van der Waals surface area contributed by atoms with Gasteiger partial charge in [-0.2, -0.15) is 0 Å². The maximum atomic E-state index is 12.4. The van der Waals surface area contributed by atoms with Gasteiger partial charge in [-0.3, -0.25) is 9.59 Å². The number of pyridine rings is 1. The Morgan fingerprint density at radius 2 is 2.12 bits per heavy atom. The van der Waals surface area contributed by atoms with Crippen LogP contribution in [-0.4, -0.2) is 40.0 Å². The van der Waals surface area contributed by atoms with Crippen LogP contribution in [0.3, 0.4) is 0 Å². The van der Waals surface area contributed by atoms with E-state index in [4.69, 9.17) is 9.84 Å². The Morgan fingerprint density at radius 1 is 1.29 bits per heavy atom. The first-order valence-corrected chi connectivity index (χ1v) is 8.24. The molecule has 1 atom stereocenters. The molecule has 1 aliphatic heterocycles. The molecule has 24 heavy (non-hydrogen) atoms. The molecule has 0 aliphatic carbocycles. The van der Waals surface area contributed by atoms with Crippen molar-refractivity contribution in [2.45, 2.75) is 6.42 Å². The van der Waals surface area contributed by atoms with E-state index in [2.05, 4.69) is 20.9 Å². The van der Waals surface area contributed by atoms with Crippen molar-refractivity contribution < 1.29 is 19.4 Å². The summed E-state index contributed by atoms with van der Waals surface area (Å²) in [6, 6.07) is 10.6. The van der Waals surface area contributed by atoms with Crippen LogP contribution in [0.25, 0.3) is 0 Å². The number of aliphatic carboxylic acids is 1. The highest BCUT2D eigenvalue weighted by Gasteiger charge is 2.31. The summed E-state index contributed by atoms with van der Waals surface area (Å²) in [5.74, 6) is -0.531. The van der Waals surface area contributed by atoms with E-state index >= 15 is 0 Å². The molecule has 1 fully saturated rings. The molecule has 1 aromatic carbocycles. The molecule has 1 unspecified atom stereocenters. The molecule has 1 N–H and O–H groups in total. The Kier molecular flexibility index (Phi) is 4.80. The van der Waals surface area contributed by atoms with E-state index in [0.29, 0.717) is 30.2 Å². The summed E-state index contributed by atoms with van der Waals surface area (Å²) in [6.07, 6.45) is 1.93. The fraction of sp³-hybridized carbons (Fsp3) is 0.235. The minimum atomic E-state index is -0.860. The summed E-state index contributed by atoms with van der Waals surface area (Å²) in [5, 5.41) is 9.01. The Labute approximate surface area is 147 Å². The normalized spacial score (nSPS) is 16.9. The summed E-state index contributed by atoms with van der Waals surface area (Å²) in [6.45, 7) is 0.691. The van der Waals surface area contributed by atoms with Crippen LogP contribution >= 0.6 is 15.9 Å². The van der Waals surface area contributed by atoms with Crippen molar-refractivity contribution in [3.63, 3.8) is 0 Å². The molecule has 0 bridgehead atoms. The first-order chi connectivity index (χ1) is 11.5. The van der Waals surface area contributed by atoms with E-state index < -0.39 is 11.9 Å². The van der Waals surface area contributed by atoms with Gasteiger partial charge >= 0.3 is 5.97 Å². The van der Waals surface area contributed by atoms with Crippen LogP contribution in [0.2, 0.25) is 0 Å². The fourth-order valence-corrected chi connectivity index (χ4v) is 2.93. The van der Waals surface area contributed by atoms with Crippen molar-refractivity contribution in [3.8, 4) is 11.6 Å². The van der Waals surface area contributed by atoms with Crippen molar-refractivity contribution >= 4 is 27.8 Å². The third kappa shape index (κ3) is 3.73. The Morgan fingerprint density at radius 3 is 2.75 bits per heavy atom. The summed E-state index contributed by atoms with van der Waals surface area (Å²) >= 11 is 3.37. The number of benzene rings is 1. The number of ether oxygens (including phenoxy) is 1. The standard InChI is InChI=1S/C17H15BrN2O4/c18-13-2-1-3-14(8-13)24-15-5-4-11(9-19-15)16(21)20-7-6-12(10-20)17(22)23/h1-5,8-9,12H,6-7,10H2,(H,22,23). The van der Waals surface area contributed by atoms with Gasteiger partial charge in [-0.25, -0.2) is 4.98 Å². The number of likely N-dealkylation sites (tertiary alicyclic amines) is 1. The van der Waals surface area contributed by atoms with Crippen LogP contribution in [-0.2, 0) is 4.79 Å². The number of amides is 1. The lowest BCUT2D eigenvalue weighted by Crippen LogP contribution is -2.30. The number of carboxylic acids is 1. The SMILES string of the molecule is O=C(O)C1CCN(C(=O)c2ccc(Oc3cccc(Br)c3)nc2)C1. The number of carbonyl (C=O) groups is 2. The molecule has 1 aromatic heterocycles. The molecule has 1 aliphatic rings. The first-order valence-electron chi connectivity index (χ1n) is 7.44. The average molecular weight is 391 g/mol. The molecular formula is C17H15BrN2O4. The lowest BCUT2D eigenvalue weighted by Gasteiger charge is -2.15. The second kappa shape index (κ2) is 7.00. The number of rotatable bonds is 4. The maximum absolute atomic E-state index is 12.4. The predicted octanol–water partition coefficient (Wildman–Crippen LogP) is 3.18. The molecule has 0 saturated carbocycles. The van der Waals surface area contributed by atoms with Crippen LogP contribution in [0.5, 0.6) is 11.6 Å². The largest absolute Gasteiger partial charge is 0.481 e. The molecule has 2 heterocycles. The van der Waals surface area contributed by atoms with Gasteiger partial charge < -0.3 is 14.7 Å². The zero-order valence-corrected chi connectivity index (χ0v) is 14.3. The topological polar surface area (TPSA) is 79.7 Å². The van der Waals surface area contributed by atoms with Gasteiger partial charge in [-0.15, -0.1) is 0 Å². The molecule has 0 radical (unpaired) electrons. The maximum Gasteiger partial charge on any atom is 0.308 e. The molecule has 1 amide bonds. The Hall–Kier alpha value is -2.41. The highest BCUT2D eigenvalue weighted by atomic mass is 79.9. The summed E-state index contributed by atoms with van der Waals surface area (Å²) in [7, 11) is 0. The Bertz CT molecular complexity index is 763. The quantitative estimate of drug-likeness (QED) is 0.866. The monoisotopic (exact) mass is 390 g/mol. The van der Waals surface area contributed by atoms with E-state index in [-0.39, 0.29) is 12.5 Å². The van der Waals surface area contributed by atoms with Crippen molar-refractivity contribution in [2.24, 2.45) is 5.92 Å². The minimum absolute atomic E-state index is 0.208. The van der Waals surface area contributed by atoms with Gasteiger partial charge in [-0.05, 0) is 30.7 Å². The number of hydrogen-bond donors (Lipinski definition) is 1. The highest BCUT2D eigenvalue weighted by Crippen LogP contribution is 2.24. The van der Waals surface area contributed by atoms with Crippen LogP contribution in [0.1, 0.15) is 16.8 Å². The first kappa shape index (κ1) is 16.4. The molecule has 124 valence electrons. The van der Waals surface area contributed by atoms with Gasteiger partial charge in [-0.1, -0.05) is 22.0 Å². The van der Waals surface area contributed by atoms with E-state index in [9.17, 15) is 9.59 Å². The molecule has 0 spiro atoms. The molecule has 7 heteroatoms. The lowest BCUT2D eigenvalue weighted by atomic mass is 10.1. The van der Waals surface area contributed by atoms with Crippen molar-refractivity contribution in [3.05, 3.63) is 52.6 Å². The van der Waals surface area contributed by atoms with Crippen LogP contribution in [0.4, 0.5) is 0 Å². The van der Waals surface area contributed by atoms with E-state index in [1.807, 2.05) is 24.3 Å². The zero-order chi connectivity index (χ0) is 17.1. The number of halogens is 1. The predicted molar refractivity (Wildman–Crippen MR) is 90.1 cm³/mol. The summed E-state index contributed by atoms with van der Waals surface area (Å²) < 4.78 is 6.52. The van der Waals surface area contributed by atoms with Gasteiger partial charge in [0.25, 0.3) is 5.91 Å². The van der Waals surface area contributed by atoms with Gasteiger partial charge in [0, 0.05) is 29.8 Å². The average Bonchev–Trinajstić information content (AvgIpc) is 3.05. The van der Waals surface area contributed by atoms with Crippen molar-refractivity contribution in [1.82, 2.24) is 9.88 Å². The third-order valence-electron chi connectivity index (χ3n) is 3.83. The van der Waals surface area contributed by atoms with E-state index in [1.54, 1.807) is 17.0 Å². The van der Waals surface area contributed by atoms with E-state index in [0.717, 1.165) is 4.47 Å². The molecular weight excluding hydrogens is 376 g/mol. The van der Waals surface area contributed by atoms with Crippen molar-refractivity contribution in [1.29, 1.82) is 0 Å². The van der Waals surface area contributed by atoms with Gasteiger partial charge in [0.1, 0.15) is 5.75 Å². The van der Waals surface area contributed by atoms with Gasteiger partial charge in [0.2, 0.25) is 5.88 Å². The van der Waals surface area contributed by atoms with Crippen LogP contribution in [0.15, 0.2) is 47.1 Å². The third-order valence-corrected chi connectivity index (χ3v) is 4.32. The van der Waals surface area contributed by atoms with Gasteiger partial charge in [0.15, 0.2) is 0 Å². The number of hydrogen-bond acceptors (Lipinski definition) is 4. The number of carboxylic acid groups (broad SMARTS) is 1. The second-order valence-electron chi connectivity index (χ2n) is 5.52. The van der Waals surface area contributed by atoms with Crippen molar-refractivity contribution in [2.75, 3.05) is 13.1 Å². The number of nitrogens with zero attached hydrogens (tertiary/aromatic N) is 2. The summed E-state index contributed by atoms with van der Waals surface area (Å²) in [5.41, 5.74) is 0.419. The minimum Gasteiger partial charge on any atom is -0.481 e. The van der Waals surface area contributed by atoms with E-state index in [1.165, 1.54) is 6.20 Å². The van der Waals surface area contributed by atoms with Crippen LogP contribution in [0, 0.1) is 5.92 Å². The smallest absolute Gasteiger partial charge is 0.308 e. The number of carbonyl (C=O) groups excluding carboxylic acids is 1. The number of aromatic nitrogens is 1. The molecule has 2 aromatic rings. The van der Waals surface area contributed by atoms with Crippen LogP contribution < -0.4 is 4.74 Å². The summed E-state index contributed by atoms with van der Waals surface area (Å²) in [4.78, 5) is 29.0. The van der Waals surface area contributed by atoms with Gasteiger partial charge in [0.05, 0.1) is 11.5 Å². The zero-order valence-electron chi connectivity index (χ0n) is 12.7.